The molecule has 1 aromatic carbocycles. The molecular weight excluding hydrogens is 304 g/mol. The van der Waals surface area contributed by atoms with Gasteiger partial charge in [-0.3, -0.25) is 9.59 Å². The van der Waals surface area contributed by atoms with Gasteiger partial charge in [0.15, 0.2) is 5.78 Å². The van der Waals surface area contributed by atoms with Crippen LogP contribution in [0.2, 0.25) is 0 Å². The number of carbonyl (C=O) groups is 2. The molecule has 4 heteroatoms. The fourth-order valence-corrected chi connectivity index (χ4v) is 3.93. The highest BCUT2D eigenvalue weighted by molar-refractivity contribution is 6.04. The summed E-state index contributed by atoms with van der Waals surface area (Å²) in [4.78, 5) is 25.6. The molecule has 1 aliphatic rings. The highest BCUT2D eigenvalue weighted by Crippen LogP contribution is 2.40. The SMILES string of the molecule is COC(=O)C1(C(=O)Cc2c(C)cc(C)cc2C)CCC(OC)CC1. The molecule has 0 radical (unpaired) electrons. The van der Waals surface area contributed by atoms with E-state index in [-0.39, 0.29) is 18.3 Å². The highest BCUT2D eigenvalue weighted by Gasteiger charge is 2.48. The van der Waals surface area contributed by atoms with E-state index < -0.39 is 11.4 Å². The lowest BCUT2D eigenvalue weighted by Gasteiger charge is -2.36. The fraction of sp³-hybridized carbons (Fsp3) is 0.600. The summed E-state index contributed by atoms with van der Waals surface area (Å²) in [5.41, 5.74) is 3.40. The van der Waals surface area contributed by atoms with Gasteiger partial charge in [0.25, 0.3) is 0 Å². The topological polar surface area (TPSA) is 52.6 Å². The molecule has 24 heavy (non-hydrogen) atoms. The Bertz CT molecular complexity index is 602. The molecule has 1 aliphatic carbocycles. The van der Waals surface area contributed by atoms with Gasteiger partial charge in [-0.2, -0.15) is 0 Å². The lowest BCUT2D eigenvalue weighted by Crippen LogP contribution is -2.45. The Morgan fingerprint density at radius 1 is 1.08 bits per heavy atom. The molecule has 0 bridgehead atoms. The monoisotopic (exact) mass is 332 g/mol. The molecule has 1 aromatic rings. The minimum Gasteiger partial charge on any atom is -0.468 e. The number of hydrogen-bond acceptors (Lipinski definition) is 4. The summed E-state index contributed by atoms with van der Waals surface area (Å²) in [7, 11) is 3.04. The number of hydrogen-bond donors (Lipinski definition) is 0. The van der Waals surface area contributed by atoms with E-state index in [4.69, 9.17) is 9.47 Å². The standard InChI is InChI=1S/C20H28O4/c1-13-10-14(2)17(15(3)11-13)12-18(21)20(19(22)24-5)8-6-16(23-4)7-9-20/h10-11,16H,6-9,12H2,1-5H3. The van der Waals surface area contributed by atoms with Gasteiger partial charge in [0.2, 0.25) is 0 Å². The summed E-state index contributed by atoms with van der Waals surface area (Å²) in [6.45, 7) is 6.10. The van der Waals surface area contributed by atoms with Gasteiger partial charge in [-0.1, -0.05) is 17.7 Å². The predicted molar refractivity (Wildman–Crippen MR) is 93.1 cm³/mol. The molecule has 4 nitrogen and oxygen atoms in total. The normalized spacial score (nSPS) is 23.8. The number of ketones is 1. The highest BCUT2D eigenvalue weighted by atomic mass is 16.5. The van der Waals surface area contributed by atoms with Crippen LogP contribution in [0.4, 0.5) is 0 Å². The first kappa shape index (κ1) is 18.7. The van der Waals surface area contributed by atoms with Gasteiger partial charge >= 0.3 is 5.97 Å². The Morgan fingerprint density at radius 2 is 1.62 bits per heavy atom. The summed E-state index contributed by atoms with van der Waals surface area (Å²) < 4.78 is 10.4. The zero-order valence-corrected chi connectivity index (χ0v) is 15.4. The quantitative estimate of drug-likeness (QED) is 0.612. The van der Waals surface area contributed by atoms with Crippen LogP contribution in [-0.2, 0) is 25.5 Å². The maximum absolute atomic E-state index is 13.1. The third kappa shape index (κ3) is 3.54. The van der Waals surface area contributed by atoms with Crippen molar-refractivity contribution >= 4 is 11.8 Å². The van der Waals surface area contributed by atoms with E-state index in [2.05, 4.69) is 12.1 Å². The number of aryl methyl sites for hydroxylation is 3. The first-order valence-electron chi connectivity index (χ1n) is 8.55. The number of benzene rings is 1. The molecule has 132 valence electrons. The van der Waals surface area contributed by atoms with Gasteiger partial charge in [0.05, 0.1) is 13.2 Å². The molecule has 0 spiro atoms. The van der Waals surface area contributed by atoms with Crippen molar-refractivity contribution in [2.24, 2.45) is 5.41 Å². The maximum Gasteiger partial charge on any atom is 0.319 e. The molecule has 0 N–H and O–H groups in total. The van der Waals surface area contributed by atoms with Gasteiger partial charge in [0, 0.05) is 13.5 Å². The van der Waals surface area contributed by atoms with Crippen molar-refractivity contribution < 1.29 is 19.1 Å². The molecule has 1 saturated carbocycles. The first-order chi connectivity index (χ1) is 11.3. The molecule has 0 aliphatic heterocycles. The van der Waals surface area contributed by atoms with Crippen LogP contribution in [0, 0.1) is 26.2 Å². The van der Waals surface area contributed by atoms with Crippen molar-refractivity contribution in [3.63, 3.8) is 0 Å². The molecule has 0 heterocycles. The number of Topliss-reactive ketones (excluding diaryl/α,β-unsaturated/α-hetero) is 1. The lowest BCUT2D eigenvalue weighted by atomic mass is 9.68. The van der Waals surface area contributed by atoms with Crippen LogP contribution in [0.5, 0.6) is 0 Å². The van der Waals surface area contributed by atoms with E-state index in [1.807, 2.05) is 20.8 Å². The van der Waals surface area contributed by atoms with Crippen LogP contribution in [0.25, 0.3) is 0 Å². The molecule has 1 fully saturated rings. The van der Waals surface area contributed by atoms with Crippen LogP contribution in [-0.4, -0.2) is 32.1 Å². The van der Waals surface area contributed by atoms with Crippen LogP contribution < -0.4 is 0 Å². The van der Waals surface area contributed by atoms with E-state index in [1.165, 1.54) is 12.7 Å². The Hall–Kier alpha value is -1.68. The second-order valence-electron chi connectivity index (χ2n) is 6.99. The van der Waals surface area contributed by atoms with E-state index in [0.29, 0.717) is 25.7 Å². The average molecular weight is 332 g/mol. The van der Waals surface area contributed by atoms with Crippen LogP contribution >= 0.6 is 0 Å². The summed E-state index contributed by atoms with van der Waals surface area (Å²) in [6, 6.07) is 4.17. The third-order valence-corrected chi connectivity index (χ3v) is 5.41. The Balaban J connectivity index is 2.29. The van der Waals surface area contributed by atoms with Crippen molar-refractivity contribution in [1.29, 1.82) is 0 Å². The number of carbonyl (C=O) groups excluding carboxylic acids is 2. The van der Waals surface area contributed by atoms with E-state index in [0.717, 1.165) is 16.7 Å². The van der Waals surface area contributed by atoms with Crippen molar-refractivity contribution in [3.05, 3.63) is 34.4 Å². The zero-order valence-electron chi connectivity index (χ0n) is 15.4. The number of esters is 1. The van der Waals surface area contributed by atoms with Crippen molar-refractivity contribution in [2.45, 2.75) is 59.0 Å². The predicted octanol–water partition coefficient (Wildman–Crippen LogP) is 3.47. The second kappa shape index (κ2) is 7.47. The zero-order chi connectivity index (χ0) is 17.9. The van der Waals surface area contributed by atoms with E-state index in [1.54, 1.807) is 7.11 Å². The minimum atomic E-state index is -1.02. The molecule has 0 unspecified atom stereocenters. The number of methoxy groups -OCH3 is 2. The largest absolute Gasteiger partial charge is 0.468 e. The molecule has 0 atom stereocenters. The molecule has 0 amide bonds. The van der Waals surface area contributed by atoms with Crippen LogP contribution in [0.1, 0.15) is 47.9 Å². The van der Waals surface area contributed by atoms with Crippen LogP contribution in [0.15, 0.2) is 12.1 Å². The second-order valence-corrected chi connectivity index (χ2v) is 6.99. The summed E-state index contributed by atoms with van der Waals surface area (Å²) in [5, 5.41) is 0. The summed E-state index contributed by atoms with van der Waals surface area (Å²) in [5.74, 6) is -0.427. The lowest BCUT2D eigenvalue weighted by molar-refractivity contribution is -0.162. The molecule has 0 aromatic heterocycles. The van der Waals surface area contributed by atoms with Gasteiger partial charge < -0.3 is 9.47 Å². The average Bonchev–Trinajstić information content (AvgIpc) is 2.57. The maximum atomic E-state index is 13.1. The van der Waals surface area contributed by atoms with Gasteiger partial charge in [-0.25, -0.2) is 0 Å². The van der Waals surface area contributed by atoms with E-state index >= 15 is 0 Å². The number of ether oxygens (including phenoxy) is 2. The molecule has 0 saturated heterocycles. The minimum absolute atomic E-state index is 0.0287. The van der Waals surface area contributed by atoms with Crippen molar-refractivity contribution in [2.75, 3.05) is 14.2 Å². The van der Waals surface area contributed by atoms with E-state index in [9.17, 15) is 9.59 Å². The van der Waals surface area contributed by atoms with Gasteiger partial charge in [-0.15, -0.1) is 0 Å². The molecular formula is C20H28O4. The first-order valence-corrected chi connectivity index (χ1v) is 8.55. The van der Waals surface area contributed by atoms with Crippen LogP contribution in [0.3, 0.4) is 0 Å². The Labute approximate surface area is 144 Å². The van der Waals surface area contributed by atoms with Crippen molar-refractivity contribution in [1.82, 2.24) is 0 Å². The smallest absolute Gasteiger partial charge is 0.319 e. The Kier molecular flexibility index (Phi) is 5.81. The number of rotatable bonds is 5. The third-order valence-electron chi connectivity index (χ3n) is 5.41. The van der Waals surface area contributed by atoms with Gasteiger partial charge in [0.1, 0.15) is 5.41 Å². The Morgan fingerprint density at radius 3 is 2.08 bits per heavy atom. The fourth-order valence-electron chi connectivity index (χ4n) is 3.93. The summed E-state index contributed by atoms with van der Waals surface area (Å²) >= 11 is 0. The van der Waals surface area contributed by atoms with Gasteiger partial charge in [-0.05, 0) is 63.1 Å². The summed E-state index contributed by atoms with van der Waals surface area (Å²) in [6.07, 6.45) is 2.83. The van der Waals surface area contributed by atoms with Crippen molar-refractivity contribution in [3.8, 4) is 0 Å². The molecule has 2 rings (SSSR count).